The molecule has 2 amide bonds. The van der Waals surface area contributed by atoms with Crippen LogP contribution in [0.4, 0.5) is 5.69 Å². The second-order valence-electron chi connectivity index (χ2n) is 4.67. The van der Waals surface area contributed by atoms with Gasteiger partial charge in [-0.1, -0.05) is 29.8 Å². The van der Waals surface area contributed by atoms with Gasteiger partial charge in [0.25, 0.3) is 5.91 Å². The molecule has 2 aromatic rings. The monoisotopic (exact) mass is 332 g/mol. The number of halogens is 1. The average molecular weight is 333 g/mol. The van der Waals surface area contributed by atoms with Crippen LogP contribution < -0.4 is 15.4 Å². The first-order valence-electron chi connectivity index (χ1n) is 7.15. The summed E-state index contributed by atoms with van der Waals surface area (Å²) in [6.07, 6.45) is 0. The lowest BCUT2D eigenvalue weighted by Crippen LogP contribution is -2.32. The summed E-state index contributed by atoms with van der Waals surface area (Å²) in [5.41, 5.74) is 0.969. The summed E-state index contributed by atoms with van der Waals surface area (Å²) in [6, 6.07) is 13.6. The smallest absolute Gasteiger partial charge is 0.251 e. The Kier molecular flexibility index (Phi) is 6.00. The topological polar surface area (TPSA) is 67.4 Å². The van der Waals surface area contributed by atoms with Gasteiger partial charge in [-0.15, -0.1) is 0 Å². The summed E-state index contributed by atoms with van der Waals surface area (Å²) in [5.74, 6) is -0.113. The van der Waals surface area contributed by atoms with Gasteiger partial charge in [0, 0.05) is 10.6 Å². The molecule has 5 nitrogen and oxygen atoms in total. The maximum absolute atomic E-state index is 12.0. The summed E-state index contributed by atoms with van der Waals surface area (Å²) < 4.78 is 5.43. The van der Waals surface area contributed by atoms with Gasteiger partial charge < -0.3 is 15.4 Å². The molecule has 0 fully saturated rings. The molecule has 0 heterocycles. The van der Waals surface area contributed by atoms with Crippen LogP contribution in [-0.4, -0.2) is 25.0 Å². The largest absolute Gasteiger partial charge is 0.492 e. The molecular formula is C17H17ClN2O3. The highest BCUT2D eigenvalue weighted by atomic mass is 35.5. The fourth-order valence-electron chi connectivity index (χ4n) is 1.94. The van der Waals surface area contributed by atoms with Crippen molar-refractivity contribution >= 4 is 29.1 Å². The van der Waals surface area contributed by atoms with Crippen molar-refractivity contribution in [1.82, 2.24) is 5.32 Å². The third-order valence-electron chi connectivity index (χ3n) is 2.96. The van der Waals surface area contributed by atoms with Crippen molar-refractivity contribution in [3.8, 4) is 5.75 Å². The molecule has 0 radical (unpaired) electrons. The first-order chi connectivity index (χ1) is 11.1. The molecule has 0 spiro atoms. The SMILES string of the molecule is CCOc1ccccc1NC(=O)CNC(=O)c1cccc(Cl)c1. The number of hydrogen-bond acceptors (Lipinski definition) is 3. The second kappa shape index (κ2) is 8.19. The van der Waals surface area contributed by atoms with Gasteiger partial charge in [-0.05, 0) is 37.3 Å². The Morgan fingerprint density at radius 3 is 2.65 bits per heavy atom. The average Bonchev–Trinajstić information content (AvgIpc) is 2.54. The van der Waals surface area contributed by atoms with E-state index in [0.29, 0.717) is 28.6 Å². The lowest BCUT2D eigenvalue weighted by Gasteiger charge is -2.11. The maximum atomic E-state index is 12.0. The van der Waals surface area contributed by atoms with E-state index >= 15 is 0 Å². The Labute approximate surface area is 139 Å². The van der Waals surface area contributed by atoms with E-state index in [0.717, 1.165) is 0 Å². The van der Waals surface area contributed by atoms with Crippen LogP contribution in [0.15, 0.2) is 48.5 Å². The molecule has 2 rings (SSSR count). The summed E-state index contributed by atoms with van der Waals surface area (Å²) in [5, 5.41) is 5.72. The lowest BCUT2D eigenvalue weighted by atomic mass is 10.2. The third-order valence-corrected chi connectivity index (χ3v) is 3.19. The number of para-hydroxylation sites is 2. The van der Waals surface area contributed by atoms with E-state index in [9.17, 15) is 9.59 Å². The minimum atomic E-state index is -0.360. The molecular weight excluding hydrogens is 316 g/mol. The standard InChI is InChI=1S/C17H17ClN2O3/c1-2-23-15-9-4-3-8-14(15)20-16(21)11-19-17(22)12-6-5-7-13(18)10-12/h3-10H,2,11H2,1H3,(H,19,22)(H,20,21). The van der Waals surface area contributed by atoms with Crippen molar-refractivity contribution in [3.05, 3.63) is 59.1 Å². The van der Waals surface area contributed by atoms with Gasteiger partial charge in [0.05, 0.1) is 18.8 Å². The molecule has 0 saturated heterocycles. The minimum absolute atomic E-state index is 0.147. The van der Waals surface area contributed by atoms with Crippen molar-refractivity contribution < 1.29 is 14.3 Å². The zero-order valence-corrected chi connectivity index (χ0v) is 13.4. The normalized spacial score (nSPS) is 10.0. The Morgan fingerprint density at radius 2 is 1.91 bits per heavy atom. The number of anilines is 1. The molecule has 0 atom stereocenters. The Hall–Kier alpha value is -2.53. The molecule has 120 valence electrons. The summed E-state index contributed by atoms with van der Waals surface area (Å²) in [7, 11) is 0. The lowest BCUT2D eigenvalue weighted by molar-refractivity contribution is -0.115. The quantitative estimate of drug-likeness (QED) is 0.854. The van der Waals surface area contributed by atoms with Crippen molar-refractivity contribution in [3.63, 3.8) is 0 Å². The number of rotatable bonds is 6. The van der Waals surface area contributed by atoms with Gasteiger partial charge in [-0.3, -0.25) is 9.59 Å². The van der Waals surface area contributed by atoms with Crippen LogP contribution in [0.2, 0.25) is 5.02 Å². The Morgan fingerprint density at radius 1 is 1.13 bits per heavy atom. The molecule has 23 heavy (non-hydrogen) atoms. The molecule has 0 saturated carbocycles. The van der Waals surface area contributed by atoms with Gasteiger partial charge in [-0.25, -0.2) is 0 Å². The first-order valence-corrected chi connectivity index (χ1v) is 7.53. The van der Waals surface area contributed by atoms with Gasteiger partial charge in [0.2, 0.25) is 5.91 Å². The van der Waals surface area contributed by atoms with Gasteiger partial charge in [0.15, 0.2) is 0 Å². The molecule has 0 unspecified atom stereocenters. The minimum Gasteiger partial charge on any atom is -0.492 e. The van der Waals surface area contributed by atoms with E-state index < -0.39 is 0 Å². The van der Waals surface area contributed by atoms with Gasteiger partial charge in [-0.2, -0.15) is 0 Å². The number of carbonyl (C=O) groups is 2. The Bertz CT molecular complexity index is 704. The van der Waals surface area contributed by atoms with Crippen LogP contribution in [0, 0.1) is 0 Å². The predicted molar refractivity (Wildman–Crippen MR) is 90.0 cm³/mol. The number of ether oxygens (including phenoxy) is 1. The van der Waals surface area contributed by atoms with Crippen LogP contribution in [0.5, 0.6) is 5.75 Å². The highest BCUT2D eigenvalue weighted by molar-refractivity contribution is 6.31. The maximum Gasteiger partial charge on any atom is 0.251 e. The van der Waals surface area contributed by atoms with Gasteiger partial charge >= 0.3 is 0 Å². The highest BCUT2D eigenvalue weighted by Crippen LogP contribution is 2.23. The van der Waals surface area contributed by atoms with Crippen LogP contribution in [-0.2, 0) is 4.79 Å². The highest BCUT2D eigenvalue weighted by Gasteiger charge is 2.10. The summed E-state index contributed by atoms with van der Waals surface area (Å²) in [4.78, 5) is 23.9. The van der Waals surface area contributed by atoms with Crippen LogP contribution in [0.1, 0.15) is 17.3 Å². The van der Waals surface area contributed by atoms with Gasteiger partial charge in [0.1, 0.15) is 5.75 Å². The number of amides is 2. The number of nitrogens with one attached hydrogen (secondary N) is 2. The Balaban J connectivity index is 1.92. The third kappa shape index (κ3) is 5.00. The molecule has 2 aromatic carbocycles. The summed E-state index contributed by atoms with van der Waals surface area (Å²) in [6.45, 7) is 2.22. The van der Waals surface area contributed by atoms with E-state index in [-0.39, 0.29) is 18.4 Å². The van der Waals surface area contributed by atoms with Crippen molar-refractivity contribution in [2.24, 2.45) is 0 Å². The predicted octanol–water partition coefficient (Wildman–Crippen LogP) is 3.11. The van der Waals surface area contributed by atoms with E-state index in [1.807, 2.05) is 13.0 Å². The number of hydrogen-bond donors (Lipinski definition) is 2. The van der Waals surface area contributed by atoms with Crippen molar-refractivity contribution in [2.75, 3.05) is 18.5 Å². The van der Waals surface area contributed by atoms with Crippen molar-refractivity contribution in [2.45, 2.75) is 6.92 Å². The van der Waals surface area contributed by atoms with E-state index in [1.165, 1.54) is 0 Å². The van der Waals surface area contributed by atoms with Crippen LogP contribution in [0.3, 0.4) is 0 Å². The first kappa shape index (κ1) is 16.8. The zero-order valence-electron chi connectivity index (χ0n) is 12.6. The molecule has 6 heteroatoms. The van der Waals surface area contributed by atoms with E-state index in [4.69, 9.17) is 16.3 Å². The molecule has 0 aliphatic heterocycles. The number of benzene rings is 2. The summed E-state index contributed by atoms with van der Waals surface area (Å²) >= 11 is 5.83. The molecule has 0 aromatic heterocycles. The fraction of sp³-hybridized carbons (Fsp3) is 0.176. The van der Waals surface area contributed by atoms with Crippen LogP contribution >= 0.6 is 11.6 Å². The molecule has 0 bridgehead atoms. The zero-order chi connectivity index (χ0) is 16.7. The fourth-order valence-corrected chi connectivity index (χ4v) is 2.13. The molecule has 2 N–H and O–H groups in total. The van der Waals surface area contributed by atoms with E-state index in [2.05, 4.69) is 10.6 Å². The molecule has 0 aliphatic rings. The van der Waals surface area contributed by atoms with E-state index in [1.54, 1.807) is 42.5 Å². The van der Waals surface area contributed by atoms with Crippen LogP contribution in [0.25, 0.3) is 0 Å². The number of carbonyl (C=O) groups excluding carboxylic acids is 2. The second-order valence-corrected chi connectivity index (χ2v) is 5.11. The van der Waals surface area contributed by atoms with Crippen molar-refractivity contribution in [1.29, 1.82) is 0 Å². The molecule has 0 aliphatic carbocycles.